The second-order valence-corrected chi connectivity index (χ2v) is 4.65. The van der Waals surface area contributed by atoms with E-state index in [1.165, 1.54) is 0 Å². The molecular formula is C14H10Cl2O. The molecule has 86 valence electrons. The number of benzene rings is 2. The zero-order chi connectivity index (χ0) is 12.4. The van der Waals surface area contributed by atoms with Gasteiger partial charge in [0.25, 0.3) is 0 Å². The molecule has 0 bridgehead atoms. The molecule has 2 rings (SSSR count). The fourth-order valence-electron chi connectivity index (χ4n) is 1.69. The molecule has 0 saturated heterocycles. The lowest BCUT2D eigenvalue weighted by Crippen LogP contribution is -1.89. The van der Waals surface area contributed by atoms with E-state index in [2.05, 4.69) is 0 Å². The number of carbonyl (C=O) groups excluding carboxylic acids is 1. The van der Waals surface area contributed by atoms with E-state index in [1.54, 1.807) is 18.2 Å². The normalized spacial score (nSPS) is 10.3. The third kappa shape index (κ3) is 2.51. The highest BCUT2D eigenvalue weighted by molar-refractivity contribution is 6.42. The second kappa shape index (κ2) is 4.91. The summed E-state index contributed by atoms with van der Waals surface area (Å²) >= 11 is 11.9. The van der Waals surface area contributed by atoms with Gasteiger partial charge >= 0.3 is 0 Å². The summed E-state index contributed by atoms with van der Waals surface area (Å²) in [5.74, 6) is 0. The van der Waals surface area contributed by atoms with E-state index < -0.39 is 0 Å². The third-order valence-electron chi connectivity index (χ3n) is 2.57. The van der Waals surface area contributed by atoms with Crippen LogP contribution in [0.4, 0.5) is 0 Å². The summed E-state index contributed by atoms with van der Waals surface area (Å²) in [6, 6.07) is 11.0. The molecule has 0 aliphatic carbocycles. The quantitative estimate of drug-likeness (QED) is 0.714. The van der Waals surface area contributed by atoms with Crippen LogP contribution in [0.5, 0.6) is 0 Å². The van der Waals surface area contributed by atoms with E-state index >= 15 is 0 Å². The fourth-order valence-corrected chi connectivity index (χ4v) is 1.98. The lowest BCUT2D eigenvalue weighted by molar-refractivity contribution is 0.112. The van der Waals surface area contributed by atoms with Crippen molar-refractivity contribution in [2.45, 2.75) is 6.92 Å². The summed E-state index contributed by atoms with van der Waals surface area (Å²) < 4.78 is 0. The molecule has 1 nitrogen and oxygen atoms in total. The van der Waals surface area contributed by atoms with Crippen molar-refractivity contribution >= 4 is 29.5 Å². The smallest absolute Gasteiger partial charge is 0.150 e. The van der Waals surface area contributed by atoms with Gasteiger partial charge < -0.3 is 0 Å². The van der Waals surface area contributed by atoms with Gasteiger partial charge in [-0.2, -0.15) is 0 Å². The average molecular weight is 265 g/mol. The number of carbonyl (C=O) groups is 1. The third-order valence-corrected chi connectivity index (χ3v) is 3.31. The Morgan fingerprint density at radius 1 is 1.00 bits per heavy atom. The number of rotatable bonds is 2. The predicted octanol–water partition coefficient (Wildman–Crippen LogP) is 4.78. The van der Waals surface area contributed by atoms with Crippen molar-refractivity contribution in [3.05, 3.63) is 57.6 Å². The Balaban J connectivity index is 2.62. The van der Waals surface area contributed by atoms with Crippen LogP contribution in [-0.4, -0.2) is 6.29 Å². The minimum absolute atomic E-state index is 0.488. The lowest BCUT2D eigenvalue weighted by atomic mass is 9.98. The van der Waals surface area contributed by atoms with Gasteiger partial charge in [-0.3, -0.25) is 4.79 Å². The van der Waals surface area contributed by atoms with Gasteiger partial charge in [0.05, 0.1) is 10.0 Å². The number of aryl methyl sites for hydroxylation is 1. The molecule has 0 radical (unpaired) electrons. The second-order valence-electron chi connectivity index (χ2n) is 3.84. The highest BCUT2D eigenvalue weighted by Crippen LogP contribution is 2.30. The SMILES string of the molecule is Cc1ccc(C=O)c(-c2ccc(Cl)c(Cl)c2)c1. The minimum atomic E-state index is 0.488. The van der Waals surface area contributed by atoms with Gasteiger partial charge in [-0.15, -0.1) is 0 Å². The van der Waals surface area contributed by atoms with Crippen LogP contribution >= 0.6 is 23.2 Å². The number of aldehydes is 1. The maximum absolute atomic E-state index is 11.0. The van der Waals surface area contributed by atoms with Gasteiger partial charge in [0.15, 0.2) is 6.29 Å². The van der Waals surface area contributed by atoms with E-state index in [4.69, 9.17) is 23.2 Å². The summed E-state index contributed by atoms with van der Waals surface area (Å²) in [5.41, 5.74) is 3.51. The van der Waals surface area contributed by atoms with Crippen molar-refractivity contribution < 1.29 is 4.79 Å². The summed E-state index contributed by atoms with van der Waals surface area (Å²) in [6.45, 7) is 1.98. The Morgan fingerprint density at radius 3 is 2.41 bits per heavy atom. The Morgan fingerprint density at radius 2 is 1.76 bits per heavy atom. The van der Waals surface area contributed by atoms with Crippen molar-refractivity contribution in [1.29, 1.82) is 0 Å². The monoisotopic (exact) mass is 264 g/mol. The van der Waals surface area contributed by atoms with Gasteiger partial charge in [-0.25, -0.2) is 0 Å². The summed E-state index contributed by atoms with van der Waals surface area (Å²) in [5, 5.41) is 0.998. The maximum atomic E-state index is 11.0. The van der Waals surface area contributed by atoms with Gasteiger partial charge in [0.1, 0.15) is 0 Å². The summed E-state index contributed by atoms with van der Waals surface area (Å²) in [4.78, 5) is 11.0. The number of hydrogen-bond acceptors (Lipinski definition) is 1. The van der Waals surface area contributed by atoms with Crippen LogP contribution in [0.1, 0.15) is 15.9 Å². The standard InChI is InChI=1S/C14H10Cl2O/c1-9-2-3-11(8-17)12(6-9)10-4-5-13(15)14(16)7-10/h2-8H,1H3. The maximum Gasteiger partial charge on any atom is 0.150 e. The van der Waals surface area contributed by atoms with Crippen LogP contribution in [0.3, 0.4) is 0 Å². The van der Waals surface area contributed by atoms with Crippen molar-refractivity contribution in [2.24, 2.45) is 0 Å². The molecule has 0 saturated carbocycles. The van der Waals surface area contributed by atoms with Crippen LogP contribution < -0.4 is 0 Å². The Kier molecular flexibility index (Phi) is 3.51. The van der Waals surface area contributed by atoms with Gasteiger partial charge in [0, 0.05) is 5.56 Å². The van der Waals surface area contributed by atoms with Crippen molar-refractivity contribution in [3.8, 4) is 11.1 Å². The average Bonchev–Trinajstić information content (AvgIpc) is 2.32. The molecule has 0 atom stereocenters. The molecule has 0 aliphatic heterocycles. The molecule has 0 spiro atoms. The van der Waals surface area contributed by atoms with Crippen molar-refractivity contribution in [2.75, 3.05) is 0 Å². The molecule has 2 aromatic carbocycles. The zero-order valence-corrected chi connectivity index (χ0v) is 10.7. The van der Waals surface area contributed by atoms with E-state index in [0.717, 1.165) is 23.0 Å². The molecule has 2 aromatic rings. The minimum Gasteiger partial charge on any atom is -0.298 e. The fraction of sp³-hybridized carbons (Fsp3) is 0.0714. The molecule has 0 amide bonds. The van der Waals surface area contributed by atoms with E-state index in [9.17, 15) is 4.79 Å². The summed E-state index contributed by atoms with van der Waals surface area (Å²) in [6.07, 6.45) is 0.845. The van der Waals surface area contributed by atoms with Gasteiger partial charge in [-0.05, 0) is 30.2 Å². The van der Waals surface area contributed by atoms with Gasteiger partial charge in [0.2, 0.25) is 0 Å². The number of hydrogen-bond donors (Lipinski definition) is 0. The molecule has 3 heteroatoms. The lowest BCUT2D eigenvalue weighted by Gasteiger charge is -2.07. The van der Waals surface area contributed by atoms with Crippen molar-refractivity contribution in [3.63, 3.8) is 0 Å². The van der Waals surface area contributed by atoms with Crippen LogP contribution in [0, 0.1) is 6.92 Å². The van der Waals surface area contributed by atoms with E-state index in [-0.39, 0.29) is 0 Å². The highest BCUT2D eigenvalue weighted by Gasteiger charge is 2.07. The Labute approximate surface area is 110 Å². The first-order chi connectivity index (χ1) is 8.11. The Bertz CT molecular complexity index is 576. The number of halogens is 2. The highest BCUT2D eigenvalue weighted by atomic mass is 35.5. The van der Waals surface area contributed by atoms with E-state index in [1.807, 2.05) is 25.1 Å². The topological polar surface area (TPSA) is 17.1 Å². The predicted molar refractivity (Wildman–Crippen MR) is 72.0 cm³/mol. The van der Waals surface area contributed by atoms with Crippen LogP contribution in [0.2, 0.25) is 10.0 Å². The molecule has 0 N–H and O–H groups in total. The molecule has 0 aromatic heterocycles. The molecule has 17 heavy (non-hydrogen) atoms. The molecule has 0 aliphatic rings. The molecule has 0 unspecified atom stereocenters. The largest absolute Gasteiger partial charge is 0.298 e. The van der Waals surface area contributed by atoms with Crippen LogP contribution in [-0.2, 0) is 0 Å². The molecule has 0 heterocycles. The first-order valence-corrected chi connectivity index (χ1v) is 5.88. The molecular weight excluding hydrogens is 255 g/mol. The van der Waals surface area contributed by atoms with E-state index in [0.29, 0.717) is 15.6 Å². The van der Waals surface area contributed by atoms with Crippen molar-refractivity contribution in [1.82, 2.24) is 0 Å². The first kappa shape index (κ1) is 12.2. The zero-order valence-electron chi connectivity index (χ0n) is 9.21. The van der Waals surface area contributed by atoms with Gasteiger partial charge in [-0.1, -0.05) is 53.0 Å². The molecule has 0 fully saturated rings. The van der Waals surface area contributed by atoms with Crippen LogP contribution in [0.25, 0.3) is 11.1 Å². The Hall–Kier alpha value is -1.31. The summed E-state index contributed by atoms with van der Waals surface area (Å²) in [7, 11) is 0. The first-order valence-electron chi connectivity index (χ1n) is 5.13. The van der Waals surface area contributed by atoms with Crippen LogP contribution in [0.15, 0.2) is 36.4 Å².